The zero-order valence-corrected chi connectivity index (χ0v) is 16.3. The van der Waals surface area contributed by atoms with Gasteiger partial charge in [-0.05, 0) is 12.8 Å². The summed E-state index contributed by atoms with van der Waals surface area (Å²) in [7, 11) is 0. The van der Waals surface area contributed by atoms with Gasteiger partial charge in [0.2, 0.25) is 0 Å². The Kier molecular flexibility index (Phi) is 30.6. The van der Waals surface area contributed by atoms with Crippen LogP contribution in [0.2, 0.25) is 0 Å². The van der Waals surface area contributed by atoms with E-state index in [0.717, 1.165) is 25.7 Å². The van der Waals surface area contributed by atoms with E-state index in [0.29, 0.717) is 35.1 Å². The van der Waals surface area contributed by atoms with E-state index in [1.807, 2.05) is 0 Å². The number of carboxylic acid groups (broad SMARTS) is 2. The van der Waals surface area contributed by atoms with Crippen molar-refractivity contribution in [2.75, 3.05) is 0 Å². The predicted molar refractivity (Wildman–Crippen MR) is 88.5 cm³/mol. The van der Waals surface area contributed by atoms with Gasteiger partial charge >= 0.3 is 37.3 Å². The average molecular weight is 432 g/mol. The maximum absolute atomic E-state index is 10.0. The molecule has 0 saturated heterocycles. The molecule has 0 heterocycles. The molecule has 0 aromatic heterocycles. The second-order valence-electron chi connectivity index (χ2n) is 5.12. The van der Waals surface area contributed by atoms with E-state index in [2.05, 4.69) is 13.8 Å². The first-order chi connectivity index (χ1) is 10.5. The normalized spacial score (nSPS) is 9.00. The molecule has 0 atom stereocenters. The summed E-state index contributed by atoms with van der Waals surface area (Å²) in [5.41, 5.74) is 0. The van der Waals surface area contributed by atoms with Crippen molar-refractivity contribution < 1.29 is 22.9 Å². The van der Waals surface area contributed by atoms with Gasteiger partial charge in [-0.3, -0.25) is 9.59 Å². The number of rotatable bonds is 12. The molecule has 0 aliphatic carbocycles. The summed E-state index contributed by atoms with van der Waals surface area (Å²) >= 11 is 0.700. The maximum atomic E-state index is 10.0. The fourth-order valence-corrected chi connectivity index (χ4v) is 1.76. The fraction of sp³-hybridized carbons (Fsp3) is 0.875. The van der Waals surface area contributed by atoms with E-state index in [9.17, 15) is 9.59 Å². The zero-order chi connectivity index (χ0) is 17.6. The molecule has 0 fully saturated rings. The van der Waals surface area contributed by atoms with Crippen molar-refractivity contribution in [3.8, 4) is 0 Å². The number of aliphatic carboxylic acids is 2. The van der Waals surface area contributed by atoms with E-state index < -0.39 is 11.9 Å². The van der Waals surface area contributed by atoms with Gasteiger partial charge in [0.05, 0.1) is 0 Å². The molecule has 22 heavy (non-hydrogen) atoms. The third-order valence-corrected chi connectivity index (χ3v) is 2.99. The van der Waals surface area contributed by atoms with Crippen LogP contribution >= 0.6 is 0 Å². The minimum atomic E-state index is -0.670. The number of carbonyl (C=O) groups is 2. The van der Waals surface area contributed by atoms with Gasteiger partial charge in [0, 0.05) is 12.8 Å². The van der Waals surface area contributed by atoms with Gasteiger partial charge in [0.25, 0.3) is 0 Å². The standard InChI is InChI=1S/2C8H16O2.OTe/c2*1-2-3-4-5-6-7-8(9)10;1-2/h2*2-7H2,1H3,(H,9,10);. The molecule has 0 spiro atoms. The van der Waals surface area contributed by atoms with Crippen LogP contribution in [0.3, 0.4) is 0 Å². The summed E-state index contributed by atoms with van der Waals surface area (Å²) < 4.78 is 8.26. The van der Waals surface area contributed by atoms with Crippen LogP contribution in [-0.4, -0.2) is 44.4 Å². The number of hydrogen-bond donors (Lipinski definition) is 2. The van der Waals surface area contributed by atoms with Gasteiger partial charge in [-0.15, -0.1) is 0 Å². The Labute approximate surface area is 148 Å². The molecule has 132 valence electrons. The molecule has 0 rings (SSSR count). The summed E-state index contributed by atoms with van der Waals surface area (Å²) in [5.74, 6) is -1.34. The van der Waals surface area contributed by atoms with Gasteiger partial charge in [-0.2, -0.15) is 0 Å². The first-order valence-corrected chi connectivity index (χ1v) is 9.09. The van der Waals surface area contributed by atoms with E-state index in [1.165, 1.54) is 38.5 Å². The van der Waals surface area contributed by atoms with Crippen LogP contribution in [0, 0.1) is 0 Å². The Bertz CT molecular complexity index is 223. The summed E-state index contributed by atoms with van der Waals surface area (Å²) in [5, 5.41) is 16.5. The van der Waals surface area contributed by atoms with Gasteiger partial charge in [-0.25, -0.2) is 0 Å². The third kappa shape index (κ3) is 36.6. The molecule has 0 unspecified atom stereocenters. The predicted octanol–water partition coefficient (Wildman–Crippen LogP) is 4.36. The quantitative estimate of drug-likeness (QED) is 0.353. The molecule has 2 N–H and O–H groups in total. The van der Waals surface area contributed by atoms with Crippen LogP contribution < -0.4 is 0 Å². The van der Waals surface area contributed by atoms with Crippen molar-refractivity contribution in [3.63, 3.8) is 0 Å². The zero-order valence-electron chi connectivity index (χ0n) is 14.0. The minimum absolute atomic E-state index is 0.337. The Hall–Kier alpha value is -0.470. The molecular weight excluding hydrogens is 400 g/mol. The van der Waals surface area contributed by atoms with Crippen LogP contribution in [0.15, 0.2) is 0 Å². The van der Waals surface area contributed by atoms with Gasteiger partial charge < -0.3 is 10.2 Å². The van der Waals surface area contributed by atoms with Gasteiger partial charge in [0.15, 0.2) is 0 Å². The summed E-state index contributed by atoms with van der Waals surface area (Å²) in [6.07, 6.45) is 11.8. The van der Waals surface area contributed by atoms with E-state index in [4.69, 9.17) is 13.3 Å². The van der Waals surface area contributed by atoms with Crippen molar-refractivity contribution in [1.29, 1.82) is 0 Å². The third-order valence-electron chi connectivity index (χ3n) is 2.99. The molecule has 6 heteroatoms. The number of carboxylic acids is 2. The molecule has 0 aliphatic rings. The van der Waals surface area contributed by atoms with Crippen molar-refractivity contribution in [2.24, 2.45) is 0 Å². The molecule has 0 radical (unpaired) electrons. The molecule has 5 nitrogen and oxygen atoms in total. The number of hydrogen-bond acceptors (Lipinski definition) is 3. The molecule has 0 amide bonds. The molecule has 0 saturated carbocycles. The number of unbranched alkanes of at least 4 members (excludes halogenated alkanes) is 8. The van der Waals surface area contributed by atoms with Gasteiger partial charge in [-0.1, -0.05) is 65.2 Å². The topological polar surface area (TPSA) is 91.7 Å². The first-order valence-electron chi connectivity index (χ1n) is 8.14. The van der Waals surface area contributed by atoms with Gasteiger partial charge in [0.1, 0.15) is 0 Å². The van der Waals surface area contributed by atoms with Crippen molar-refractivity contribution in [2.45, 2.75) is 90.9 Å². The van der Waals surface area contributed by atoms with Crippen LogP contribution in [0.1, 0.15) is 90.9 Å². The second kappa shape index (κ2) is 25.5. The molecule has 0 aromatic carbocycles. The first kappa shape index (κ1) is 26.4. The Morgan fingerprint density at radius 3 is 1.14 bits per heavy atom. The van der Waals surface area contributed by atoms with E-state index in [-0.39, 0.29) is 0 Å². The molecule has 0 aliphatic heterocycles. The van der Waals surface area contributed by atoms with Crippen LogP contribution in [0.25, 0.3) is 0 Å². The van der Waals surface area contributed by atoms with Crippen LogP contribution in [0.5, 0.6) is 0 Å². The monoisotopic (exact) mass is 434 g/mol. The Morgan fingerprint density at radius 1 is 0.636 bits per heavy atom. The van der Waals surface area contributed by atoms with Crippen molar-refractivity contribution in [3.05, 3.63) is 0 Å². The summed E-state index contributed by atoms with van der Waals surface area (Å²) in [6.45, 7) is 4.30. The molecule has 0 aromatic rings. The second-order valence-corrected chi connectivity index (χ2v) is 5.12. The Balaban J connectivity index is -0.000000294. The Morgan fingerprint density at radius 2 is 0.909 bits per heavy atom. The van der Waals surface area contributed by atoms with Crippen molar-refractivity contribution >= 4 is 34.2 Å². The summed E-state index contributed by atoms with van der Waals surface area (Å²) in [6, 6.07) is 0. The average Bonchev–Trinajstić information content (AvgIpc) is 2.49. The van der Waals surface area contributed by atoms with Crippen LogP contribution in [-0.2, 0) is 12.7 Å². The van der Waals surface area contributed by atoms with Crippen molar-refractivity contribution in [1.82, 2.24) is 0 Å². The fourth-order valence-electron chi connectivity index (χ4n) is 1.76. The SMILES string of the molecule is CCCCCCCC(=O)O.CCCCCCCC(=O)O.O=[Te]. The van der Waals surface area contributed by atoms with E-state index >= 15 is 0 Å². The van der Waals surface area contributed by atoms with E-state index in [1.54, 1.807) is 0 Å². The molecule has 0 bridgehead atoms. The van der Waals surface area contributed by atoms with Crippen LogP contribution in [0.4, 0.5) is 0 Å². The molecular formula is C16H32O5Te. The summed E-state index contributed by atoms with van der Waals surface area (Å²) in [4.78, 5) is 20.1.